The van der Waals surface area contributed by atoms with Crippen molar-refractivity contribution in [2.75, 3.05) is 0 Å². The van der Waals surface area contributed by atoms with Gasteiger partial charge in [-0.25, -0.2) is 15.0 Å². The third-order valence-corrected chi connectivity index (χ3v) is 13.2. The summed E-state index contributed by atoms with van der Waals surface area (Å²) in [6.45, 7) is 4.78. The van der Waals surface area contributed by atoms with E-state index < -0.39 is 0 Å². The number of benzene rings is 8. The number of thiophene rings is 1. The van der Waals surface area contributed by atoms with Gasteiger partial charge in [0.1, 0.15) is 0 Å². The Morgan fingerprint density at radius 2 is 1.09 bits per heavy atom. The molecule has 8 aromatic carbocycles. The zero-order chi connectivity index (χ0) is 37.8. The Morgan fingerprint density at radius 3 is 1.84 bits per heavy atom. The van der Waals surface area contributed by atoms with E-state index in [2.05, 4.69) is 152 Å². The molecule has 0 spiro atoms. The van der Waals surface area contributed by atoms with Gasteiger partial charge in [0.05, 0.1) is 21.4 Å². The Labute approximate surface area is 333 Å². The van der Waals surface area contributed by atoms with Gasteiger partial charge in [-0.2, -0.15) is 0 Å². The SMILES string of the molecule is CC1(C)c2ccccc2-c2ccc3c(c21)c1cc2ccccc2cc1n3-c1ccc(-c2nc(-c3ccccc3)nc(-c3ccccc3)n2)c2c1sc1ccccc12. The summed E-state index contributed by atoms with van der Waals surface area (Å²) in [5.74, 6) is 1.97. The average Bonchev–Trinajstić information content (AvgIpc) is 3.88. The monoisotopic (exact) mass is 746 g/mol. The molecule has 12 rings (SSSR count). The van der Waals surface area contributed by atoms with E-state index in [0.29, 0.717) is 17.5 Å². The van der Waals surface area contributed by atoms with E-state index in [1.54, 1.807) is 0 Å². The van der Waals surface area contributed by atoms with Crippen molar-refractivity contribution >= 4 is 64.1 Å². The third kappa shape index (κ3) is 4.70. The minimum Gasteiger partial charge on any atom is -0.308 e. The van der Waals surface area contributed by atoms with Gasteiger partial charge in [0, 0.05) is 48.4 Å². The lowest BCUT2D eigenvalue weighted by molar-refractivity contribution is 0.666. The molecule has 1 aliphatic carbocycles. The Balaban J connectivity index is 1.19. The number of rotatable bonds is 4. The van der Waals surface area contributed by atoms with E-state index in [9.17, 15) is 0 Å². The van der Waals surface area contributed by atoms with Gasteiger partial charge < -0.3 is 4.57 Å². The largest absolute Gasteiger partial charge is 0.308 e. The highest BCUT2D eigenvalue weighted by molar-refractivity contribution is 7.26. The van der Waals surface area contributed by atoms with Gasteiger partial charge in [0.15, 0.2) is 17.5 Å². The molecule has 57 heavy (non-hydrogen) atoms. The van der Waals surface area contributed by atoms with Crippen LogP contribution in [0.2, 0.25) is 0 Å². The van der Waals surface area contributed by atoms with Gasteiger partial charge in [-0.15, -0.1) is 11.3 Å². The van der Waals surface area contributed by atoms with Crippen molar-refractivity contribution < 1.29 is 0 Å². The van der Waals surface area contributed by atoms with Gasteiger partial charge in [0.2, 0.25) is 0 Å². The second-order valence-corrected chi connectivity index (χ2v) is 16.6. The van der Waals surface area contributed by atoms with Crippen molar-refractivity contribution in [3.8, 4) is 51.0 Å². The zero-order valence-corrected chi connectivity index (χ0v) is 32.2. The van der Waals surface area contributed by atoms with Gasteiger partial charge in [-0.05, 0) is 69.4 Å². The lowest BCUT2D eigenvalue weighted by Crippen LogP contribution is -2.15. The molecule has 268 valence electrons. The van der Waals surface area contributed by atoms with E-state index in [1.165, 1.54) is 69.6 Å². The molecular weight excluding hydrogens is 713 g/mol. The molecule has 1 aliphatic rings. The highest BCUT2D eigenvalue weighted by Gasteiger charge is 2.38. The fourth-order valence-corrected chi connectivity index (χ4v) is 10.7. The van der Waals surface area contributed by atoms with Crippen LogP contribution < -0.4 is 0 Å². The van der Waals surface area contributed by atoms with Crippen LogP contribution in [0.5, 0.6) is 0 Å². The second-order valence-electron chi connectivity index (χ2n) is 15.6. The molecule has 0 aliphatic heterocycles. The lowest BCUT2D eigenvalue weighted by atomic mass is 9.80. The van der Waals surface area contributed by atoms with Crippen molar-refractivity contribution in [3.05, 3.63) is 181 Å². The van der Waals surface area contributed by atoms with E-state index in [1.807, 2.05) is 47.7 Å². The molecule has 0 amide bonds. The summed E-state index contributed by atoms with van der Waals surface area (Å²) >= 11 is 1.84. The second kappa shape index (κ2) is 12.0. The smallest absolute Gasteiger partial charge is 0.164 e. The molecule has 3 heterocycles. The maximum Gasteiger partial charge on any atom is 0.164 e. The molecule has 11 aromatic rings. The quantitative estimate of drug-likeness (QED) is 0.180. The van der Waals surface area contributed by atoms with Crippen LogP contribution in [0.25, 0.3) is 104 Å². The highest BCUT2D eigenvalue weighted by atomic mass is 32.1. The first-order valence-electron chi connectivity index (χ1n) is 19.5. The van der Waals surface area contributed by atoms with Gasteiger partial charge in [0.25, 0.3) is 0 Å². The summed E-state index contributed by atoms with van der Waals surface area (Å²) in [5, 5.41) is 7.42. The lowest BCUT2D eigenvalue weighted by Gasteiger charge is -2.22. The van der Waals surface area contributed by atoms with E-state index in [4.69, 9.17) is 15.0 Å². The zero-order valence-electron chi connectivity index (χ0n) is 31.4. The fourth-order valence-electron chi connectivity index (χ4n) is 9.43. The summed E-state index contributed by atoms with van der Waals surface area (Å²) in [6, 6.07) is 60.9. The molecule has 3 aromatic heterocycles. The Hall–Kier alpha value is -6.95. The molecule has 0 saturated heterocycles. The predicted molar refractivity (Wildman–Crippen MR) is 238 cm³/mol. The van der Waals surface area contributed by atoms with Crippen LogP contribution in [0.15, 0.2) is 170 Å². The third-order valence-electron chi connectivity index (χ3n) is 12.0. The van der Waals surface area contributed by atoms with Crippen molar-refractivity contribution in [1.29, 1.82) is 0 Å². The van der Waals surface area contributed by atoms with Gasteiger partial charge in [-0.1, -0.05) is 147 Å². The summed E-state index contributed by atoms with van der Waals surface area (Å²) in [6.07, 6.45) is 0. The Bertz CT molecular complexity index is 3370. The van der Waals surface area contributed by atoms with Crippen molar-refractivity contribution in [3.63, 3.8) is 0 Å². The maximum atomic E-state index is 5.21. The summed E-state index contributed by atoms with van der Waals surface area (Å²) in [4.78, 5) is 15.4. The first-order valence-corrected chi connectivity index (χ1v) is 20.3. The van der Waals surface area contributed by atoms with E-state index >= 15 is 0 Å². The molecule has 0 radical (unpaired) electrons. The van der Waals surface area contributed by atoms with Crippen molar-refractivity contribution in [1.82, 2.24) is 19.5 Å². The number of fused-ring (bicyclic) bond motifs is 11. The normalized spacial score (nSPS) is 13.2. The van der Waals surface area contributed by atoms with Crippen LogP contribution in [0.4, 0.5) is 0 Å². The Kier molecular flexibility index (Phi) is 6.82. The molecule has 0 N–H and O–H groups in total. The first kappa shape index (κ1) is 32.3. The molecule has 5 heteroatoms. The number of aromatic nitrogens is 4. The molecule has 0 unspecified atom stereocenters. The molecule has 0 atom stereocenters. The van der Waals surface area contributed by atoms with Crippen LogP contribution in [-0.4, -0.2) is 19.5 Å². The standard InChI is InChI=1S/C52H34N4S/c1-52(2)40-23-13-11-21-35(40)36-25-27-41-46(47(36)52)39-29-33-19-9-10-20-34(33)30-43(39)56(41)42-28-26-38(45-37-22-12-14-24-44(37)57-48(42)45)51-54-49(31-15-5-3-6-16-31)53-50(55-51)32-17-7-4-8-18-32/h3-30H,1-2H3. The predicted octanol–water partition coefficient (Wildman–Crippen LogP) is 13.8. The van der Waals surface area contributed by atoms with Crippen LogP contribution in [0.3, 0.4) is 0 Å². The molecule has 0 bridgehead atoms. The topological polar surface area (TPSA) is 43.6 Å². The van der Waals surface area contributed by atoms with Gasteiger partial charge >= 0.3 is 0 Å². The van der Waals surface area contributed by atoms with Crippen molar-refractivity contribution in [2.24, 2.45) is 0 Å². The first-order chi connectivity index (χ1) is 28.0. The highest BCUT2D eigenvalue weighted by Crippen LogP contribution is 2.54. The van der Waals surface area contributed by atoms with Crippen LogP contribution in [0, 0.1) is 0 Å². The molecule has 4 nitrogen and oxygen atoms in total. The number of nitrogens with zero attached hydrogens (tertiary/aromatic N) is 4. The minimum absolute atomic E-state index is 0.168. The minimum atomic E-state index is -0.168. The molecular formula is C52H34N4S. The number of hydrogen-bond donors (Lipinski definition) is 0. The average molecular weight is 747 g/mol. The fraction of sp³-hybridized carbons (Fsp3) is 0.0577. The summed E-state index contributed by atoms with van der Waals surface area (Å²) < 4.78 is 4.95. The molecule has 0 saturated carbocycles. The van der Waals surface area contributed by atoms with Crippen molar-refractivity contribution in [2.45, 2.75) is 19.3 Å². The Morgan fingerprint density at radius 1 is 0.474 bits per heavy atom. The maximum absolute atomic E-state index is 5.21. The summed E-state index contributed by atoms with van der Waals surface area (Å²) in [5.41, 5.74) is 11.7. The summed E-state index contributed by atoms with van der Waals surface area (Å²) in [7, 11) is 0. The van der Waals surface area contributed by atoms with Crippen LogP contribution in [-0.2, 0) is 5.41 Å². The van der Waals surface area contributed by atoms with Gasteiger partial charge in [-0.3, -0.25) is 0 Å². The molecule has 0 fully saturated rings. The van der Waals surface area contributed by atoms with E-state index in [-0.39, 0.29) is 5.41 Å². The van der Waals surface area contributed by atoms with Crippen LogP contribution in [0.1, 0.15) is 25.0 Å². The van der Waals surface area contributed by atoms with E-state index in [0.717, 1.165) is 27.8 Å². The van der Waals surface area contributed by atoms with Crippen LogP contribution >= 0.6 is 11.3 Å². The number of hydrogen-bond acceptors (Lipinski definition) is 4.